The van der Waals surface area contributed by atoms with Gasteiger partial charge in [-0.1, -0.05) is 0 Å². The van der Waals surface area contributed by atoms with Crippen LogP contribution < -0.4 is 10.6 Å². The average Bonchev–Trinajstić information content (AvgIpc) is 2.48. The topological polar surface area (TPSA) is 105 Å². The number of hydrogen-bond acceptors (Lipinski definition) is 4. The van der Waals surface area contributed by atoms with Crippen molar-refractivity contribution < 1.29 is 24.2 Å². The first-order chi connectivity index (χ1) is 11.2. The smallest absolute Gasteiger partial charge is 0.407 e. The Labute approximate surface area is 141 Å². The number of benzene rings is 1. The van der Waals surface area contributed by atoms with Crippen molar-refractivity contribution in [2.75, 3.05) is 13.1 Å². The molecule has 0 radical (unpaired) electrons. The second-order valence-corrected chi connectivity index (χ2v) is 6.27. The SMILES string of the molecule is CC(C)(C)OC(=O)NCCCCNC(=O)c1ccc(C(=O)O)cc1. The minimum atomic E-state index is -1.03. The van der Waals surface area contributed by atoms with Crippen LogP contribution in [-0.2, 0) is 4.74 Å². The first kappa shape index (κ1) is 19.5. The molecule has 0 saturated carbocycles. The molecule has 0 atom stereocenters. The zero-order chi connectivity index (χ0) is 18.2. The highest BCUT2D eigenvalue weighted by atomic mass is 16.6. The van der Waals surface area contributed by atoms with Gasteiger partial charge in [-0.2, -0.15) is 0 Å². The summed E-state index contributed by atoms with van der Waals surface area (Å²) < 4.78 is 5.11. The lowest BCUT2D eigenvalue weighted by Gasteiger charge is -2.19. The van der Waals surface area contributed by atoms with Crippen molar-refractivity contribution in [2.24, 2.45) is 0 Å². The van der Waals surface area contributed by atoms with Crippen LogP contribution in [0.1, 0.15) is 54.3 Å². The summed E-state index contributed by atoms with van der Waals surface area (Å²) in [5, 5.41) is 14.2. The van der Waals surface area contributed by atoms with Crippen LogP contribution in [0.25, 0.3) is 0 Å². The first-order valence-corrected chi connectivity index (χ1v) is 7.77. The summed E-state index contributed by atoms with van der Waals surface area (Å²) in [6, 6.07) is 5.73. The Morgan fingerprint density at radius 2 is 1.46 bits per heavy atom. The van der Waals surface area contributed by atoms with Crippen LogP contribution in [0.2, 0.25) is 0 Å². The summed E-state index contributed by atoms with van der Waals surface area (Å²) in [7, 11) is 0. The predicted molar refractivity (Wildman–Crippen MR) is 89.2 cm³/mol. The van der Waals surface area contributed by atoms with E-state index in [1.165, 1.54) is 24.3 Å². The zero-order valence-electron chi connectivity index (χ0n) is 14.2. The molecule has 3 N–H and O–H groups in total. The van der Waals surface area contributed by atoms with Gasteiger partial charge in [-0.05, 0) is 57.9 Å². The Hall–Kier alpha value is -2.57. The highest BCUT2D eigenvalue weighted by Crippen LogP contribution is 2.06. The van der Waals surface area contributed by atoms with E-state index in [0.717, 1.165) is 0 Å². The van der Waals surface area contributed by atoms with Gasteiger partial charge in [0, 0.05) is 18.7 Å². The van der Waals surface area contributed by atoms with Gasteiger partial charge in [-0.3, -0.25) is 4.79 Å². The fraction of sp³-hybridized carbons (Fsp3) is 0.471. The van der Waals surface area contributed by atoms with Gasteiger partial charge >= 0.3 is 12.1 Å². The van der Waals surface area contributed by atoms with Crippen molar-refractivity contribution in [1.29, 1.82) is 0 Å². The van der Waals surface area contributed by atoms with E-state index < -0.39 is 17.7 Å². The maximum atomic E-state index is 11.9. The third kappa shape index (κ3) is 7.62. The zero-order valence-corrected chi connectivity index (χ0v) is 14.2. The van der Waals surface area contributed by atoms with Crippen LogP contribution in [0, 0.1) is 0 Å². The van der Waals surface area contributed by atoms with Crippen LogP contribution in [-0.4, -0.2) is 41.8 Å². The van der Waals surface area contributed by atoms with Gasteiger partial charge in [0.05, 0.1) is 5.56 Å². The molecule has 132 valence electrons. The van der Waals surface area contributed by atoms with Crippen molar-refractivity contribution in [3.8, 4) is 0 Å². The van der Waals surface area contributed by atoms with Gasteiger partial charge in [0.1, 0.15) is 5.60 Å². The third-order valence-electron chi connectivity index (χ3n) is 2.95. The number of hydrogen-bond donors (Lipinski definition) is 3. The maximum Gasteiger partial charge on any atom is 0.407 e. The number of amides is 2. The van der Waals surface area contributed by atoms with E-state index in [4.69, 9.17) is 9.84 Å². The summed E-state index contributed by atoms with van der Waals surface area (Å²) >= 11 is 0. The van der Waals surface area contributed by atoms with Crippen LogP contribution in [0.5, 0.6) is 0 Å². The number of nitrogens with one attached hydrogen (secondary N) is 2. The number of unbranched alkanes of at least 4 members (excludes halogenated alkanes) is 1. The molecule has 1 aromatic carbocycles. The van der Waals surface area contributed by atoms with Crippen molar-refractivity contribution in [2.45, 2.75) is 39.2 Å². The molecule has 0 aliphatic rings. The molecule has 0 fully saturated rings. The van der Waals surface area contributed by atoms with E-state index in [2.05, 4.69) is 10.6 Å². The highest BCUT2D eigenvalue weighted by Gasteiger charge is 2.15. The number of carbonyl (C=O) groups is 3. The van der Waals surface area contributed by atoms with Gasteiger partial charge in [-0.25, -0.2) is 9.59 Å². The van der Waals surface area contributed by atoms with E-state index in [1.807, 2.05) is 0 Å². The van der Waals surface area contributed by atoms with Crippen molar-refractivity contribution in [3.05, 3.63) is 35.4 Å². The van der Waals surface area contributed by atoms with Crippen LogP contribution in [0.15, 0.2) is 24.3 Å². The van der Waals surface area contributed by atoms with Crippen molar-refractivity contribution in [1.82, 2.24) is 10.6 Å². The number of ether oxygens (including phenoxy) is 1. The van der Waals surface area contributed by atoms with Crippen LogP contribution in [0.4, 0.5) is 4.79 Å². The standard InChI is InChI=1S/C17H24N2O5/c1-17(2,3)24-16(23)19-11-5-4-10-18-14(20)12-6-8-13(9-7-12)15(21)22/h6-9H,4-5,10-11H2,1-3H3,(H,18,20)(H,19,23)(H,21,22). The Kier molecular flexibility index (Phi) is 7.23. The molecule has 7 nitrogen and oxygen atoms in total. The number of alkyl carbamates (subject to hydrolysis) is 1. The molecule has 0 aromatic heterocycles. The fourth-order valence-electron chi connectivity index (χ4n) is 1.82. The Bertz CT molecular complexity index is 576. The summed E-state index contributed by atoms with van der Waals surface area (Å²) in [6.07, 6.45) is 0.955. The summed E-state index contributed by atoms with van der Waals surface area (Å²) in [6.45, 7) is 6.33. The van der Waals surface area contributed by atoms with Crippen LogP contribution >= 0.6 is 0 Å². The molecule has 0 aliphatic heterocycles. The summed E-state index contributed by atoms with van der Waals surface area (Å²) in [5.74, 6) is -1.29. The fourth-order valence-corrected chi connectivity index (χ4v) is 1.82. The van der Waals surface area contributed by atoms with Gasteiger partial charge in [-0.15, -0.1) is 0 Å². The van der Waals surface area contributed by atoms with E-state index >= 15 is 0 Å². The molecule has 0 unspecified atom stereocenters. The molecular formula is C17H24N2O5. The van der Waals surface area contributed by atoms with Crippen LogP contribution in [0.3, 0.4) is 0 Å². The summed E-state index contributed by atoms with van der Waals surface area (Å²) in [4.78, 5) is 34.0. The molecule has 24 heavy (non-hydrogen) atoms. The van der Waals surface area contributed by atoms with E-state index in [9.17, 15) is 14.4 Å². The summed E-state index contributed by atoms with van der Waals surface area (Å²) in [5.41, 5.74) is 0.0282. The molecule has 0 aliphatic carbocycles. The number of carboxylic acid groups (broad SMARTS) is 1. The van der Waals surface area contributed by atoms with Gasteiger partial charge in [0.2, 0.25) is 0 Å². The molecule has 1 aromatic rings. The predicted octanol–water partition coefficient (Wildman–Crippen LogP) is 2.42. The maximum absolute atomic E-state index is 11.9. The lowest BCUT2D eigenvalue weighted by Crippen LogP contribution is -2.33. The Morgan fingerprint density at radius 3 is 1.96 bits per heavy atom. The normalized spacial score (nSPS) is 10.8. The Balaban J connectivity index is 2.20. The van der Waals surface area contributed by atoms with Gasteiger partial charge in [0.15, 0.2) is 0 Å². The number of aromatic carboxylic acids is 1. The van der Waals surface area contributed by atoms with E-state index in [1.54, 1.807) is 20.8 Å². The lowest BCUT2D eigenvalue weighted by atomic mass is 10.1. The van der Waals surface area contributed by atoms with Crippen molar-refractivity contribution >= 4 is 18.0 Å². The molecule has 1 rings (SSSR count). The monoisotopic (exact) mass is 336 g/mol. The van der Waals surface area contributed by atoms with Crippen molar-refractivity contribution in [3.63, 3.8) is 0 Å². The molecule has 2 amide bonds. The highest BCUT2D eigenvalue weighted by molar-refractivity contribution is 5.95. The minimum Gasteiger partial charge on any atom is -0.478 e. The van der Waals surface area contributed by atoms with Gasteiger partial charge < -0.3 is 20.5 Å². The molecule has 0 saturated heterocycles. The quantitative estimate of drug-likeness (QED) is 0.663. The first-order valence-electron chi connectivity index (χ1n) is 7.77. The van der Waals surface area contributed by atoms with E-state index in [-0.39, 0.29) is 11.5 Å². The minimum absolute atomic E-state index is 0.139. The molecular weight excluding hydrogens is 312 g/mol. The second-order valence-electron chi connectivity index (χ2n) is 6.27. The molecule has 7 heteroatoms. The lowest BCUT2D eigenvalue weighted by molar-refractivity contribution is 0.0526. The molecule has 0 spiro atoms. The van der Waals surface area contributed by atoms with Gasteiger partial charge in [0.25, 0.3) is 5.91 Å². The number of rotatable bonds is 7. The van der Waals surface area contributed by atoms with E-state index in [0.29, 0.717) is 31.5 Å². The Morgan fingerprint density at radius 1 is 0.958 bits per heavy atom. The average molecular weight is 336 g/mol. The molecule has 0 heterocycles. The largest absolute Gasteiger partial charge is 0.478 e. The molecule has 0 bridgehead atoms. The number of carboxylic acids is 1. The third-order valence-corrected chi connectivity index (χ3v) is 2.95. The number of carbonyl (C=O) groups excluding carboxylic acids is 2. The second kappa shape index (κ2) is 8.90.